The fourth-order valence-corrected chi connectivity index (χ4v) is 4.98. The zero-order chi connectivity index (χ0) is 22.3. The van der Waals surface area contributed by atoms with Gasteiger partial charge >= 0.3 is 5.97 Å². The molecule has 0 aromatic heterocycles. The van der Waals surface area contributed by atoms with Gasteiger partial charge in [0.05, 0.1) is 24.6 Å². The molecule has 2 aliphatic rings. The average molecular weight is 424 g/mol. The lowest BCUT2D eigenvalue weighted by Crippen LogP contribution is -2.55. The third-order valence-corrected chi connectivity index (χ3v) is 6.28. The van der Waals surface area contributed by atoms with Gasteiger partial charge in [0.25, 0.3) is 0 Å². The van der Waals surface area contributed by atoms with Crippen LogP contribution in [0.3, 0.4) is 0 Å². The predicted octanol–water partition coefficient (Wildman–Crippen LogP) is 2.47. The molecule has 2 fully saturated rings. The first-order chi connectivity index (χ1) is 14.9. The molecular formula is C23H24N2O6. The second kappa shape index (κ2) is 7.70. The Bertz CT molecular complexity index is 1040. The molecule has 0 radical (unpaired) electrons. The normalized spacial score (nSPS) is 27.4. The number of aromatic hydroxyl groups is 1. The molecule has 2 aromatic carbocycles. The van der Waals surface area contributed by atoms with Crippen molar-refractivity contribution in [2.45, 2.75) is 31.3 Å². The number of ether oxygens (including phenoxy) is 1. The number of hydrogen-bond acceptors (Lipinski definition) is 6. The molecule has 3 N–H and O–H groups in total. The van der Waals surface area contributed by atoms with Gasteiger partial charge in [0, 0.05) is 11.6 Å². The molecule has 2 saturated heterocycles. The van der Waals surface area contributed by atoms with Crippen molar-refractivity contribution in [3.63, 3.8) is 0 Å². The number of hydrogen-bond donors (Lipinski definition) is 3. The molecule has 2 aliphatic heterocycles. The van der Waals surface area contributed by atoms with E-state index in [1.54, 1.807) is 48.5 Å². The van der Waals surface area contributed by atoms with E-state index in [0.717, 1.165) is 4.90 Å². The van der Waals surface area contributed by atoms with Crippen LogP contribution in [-0.2, 0) is 14.4 Å². The largest absolute Gasteiger partial charge is 0.504 e. The summed E-state index contributed by atoms with van der Waals surface area (Å²) in [5.74, 6) is -4.28. The van der Waals surface area contributed by atoms with Crippen LogP contribution in [-0.4, -0.2) is 40.6 Å². The molecule has 2 aromatic rings. The van der Waals surface area contributed by atoms with Crippen LogP contribution in [0.2, 0.25) is 0 Å². The number of fused-ring (bicyclic) bond motifs is 1. The van der Waals surface area contributed by atoms with Crippen molar-refractivity contribution in [3.05, 3.63) is 54.1 Å². The number of anilines is 1. The van der Waals surface area contributed by atoms with E-state index < -0.39 is 41.2 Å². The summed E-state index contributed by atoms with van der Waals surface area (Å²) >= 11 is 0. The minimum atomic E-state index is -1.63. The van der Waals surface area contributed by atoms with Gasteiger partial charge in [-0.05, 0) is 24.6 Å². The molecule has 0 bridgehead atoms. The molecule has 0 unspecified atom stereocenters. The van der Waals surface area contributed by atoms with Gasteiger partial charge in [-0.15, -0.1) is 0 Å². The fraction of sp³-hybridized carbons (Fsp3) is 0.348. The highest BCUT2D eigenvalue weighted by Crippen LogP contribution is 2.53. The Balaban J connectivity index is 1.89. The molecule has 0 saturated carbocycles. The molecule has 2 heterocycles. The van der Waals surface area contributed by atoms with E-state index in [9.17, 15) is 24.6 Å². The summed E-state index contributed by atoms with van der Waals surface area (Å²) in [5.41, 5.74) is -0.906. The maximum atomic E-state index is 13.5. The molecule has 4 rings (SSSR count). The van der Waals surface area contributed by atoms with Gasteiger partial charge < -0.3 is 14.9 Å². The molecule has 0 spiro atoms. The summed E-state index contributed by atoms with van der Waals surface area (Å²) in [6.45, 7) is 1.83. The Morgan fingerprint density at radius 1 is 1.13 bits per heavy atom. The number of carboxylic acid groups (broad SMARTS) is 1. The lowest BCUT2D eigenvalue weighted by atomic mass is 9.77. The maximum absolute atomic E-state index is 13.5. The third-order valence-electron chi connectivity index (χ3n) is 6.28. The number of carbonyl (C=O) groups excluding carboxylic acids is 2. The number of benzene rings is 2. The van der Waals surface area contributed by atoms with Gasteiger partial charge in [-0.25, -0.2) is 4.90 Å². The maximum Gasteiger partial charge on any atom is 0.324 e. The summed E-state index contributed by atoms with van der Waals surface area (Å²) in [4.78, 5) is 40.6. The van der Waals surface area contributed by atoms with Crippen molar-refractivity contribution in [1.29, 1.82) is 0 Å². The van der Waals surface area contributed by atoms with Gasteiger partial charge in [-0.2, -0.15) is 0 Å². The minimum absolute atomic E-state index is 0.159. The number of amides is 2. The van der Waals surface area contributed by atoms with Crippen molar-refractivity contribution in [2.24, 2.45) is 11.8 Å². The van der Waals surface area contributed by atoms with Crippen LogP contribution in [0.25, 0.3) is 0 Å². The van der Waals surface area contributed by atoms with Crippen LogP contribution in [0.1, 0.15) is 31.4 Å². The Morgan fingerprint density at radius 2 is 1.84 bits per heavy atom. The highest BCUT2D eigenvalue weighted by Gasteiger charge is 2.68. The number of phenols is 1. The topological polar surface area (TPSA) is 116 Å². The number of rotatable bonds is 6. The lowest BCUT2D eigenvalue weighted by molar-refractivity contribution is -0.149. The molecule has 4 atom stereocenters. The van der Waals surface area contributed by atoms with E-state index in [4.69, 9.17) is 4.74 Å². The fourth-order valence-electron chi connectivity index (χ4n) is 4.98. The van der Waals surface area contributed by atoms with E-state index >= 15 is 0 Å². The zero-order valence-corrected chi connectivity index (χ0v) is 17.2. The van der Waals surface area contributed by atoms with E-state index in [-0.39, 0.29) is 17.9 Å². The highest BCUT2D eigenvalue weighted by atomic mass is 16.5. The van der Waals surface area contributed by atoms with E-state index in [0.29, 0.717) is 17.7 Å². The zero-order valence-electron chi connectivity index (χ0n) is 17.2. The van der Waals surface area contributed by atoms with Crippen molar-refractivity contribution >= 4 is 23.5 Å². The van der Waals surface area contributed by atoms with Gasteiger partial charge in [0.15, 0.2) is 11.5 Å². The quantitative estimate of drug-likeness (QED) is 0.610. The standard InChI is InChI=1S/C23H24N2O6/c1-3-12-23(22(29)30)17-16(18(24-23)14-10-7-11-15(31-2)19(14)26)20(27)25(21(17)28)13-8-5-4-6-9-13/h4-11,16-18,24,26H,3,12H2,1-2H3,(H,29,30)/t16-,17-,18+,23-/m0/s1. The van der Waals surface area contributed by atoms with Gasteiger partial charge in [-0.1, -0.05) is 43.7 Å². The van der Waals surface area contributed by atoms with Gasteiger partial charge in [-0.3, -0.25) is 19.7 Å². The summed E-state index contributed by atoms with van der Waals surface area (Å²) in [6.07, 6.45) is 0.651. The monoisotopic (exact) mass is 424 g/mol. The number of para-hydroxylation sites is 2. The summed E-state index contributed by atoms with van der Waals surface area (Å²) < 4.78 is 5.19. The molecule has 8 nitrogen and oxygen atoms in total. The van der Waals surface area contributed by atoms with Crippen molar-refractivity contribution in [3.8, 4) is 11.5 Å². The Labute approximate surface area is 179 Å². The number of imide groups is 1. The third kappa shape index (κ3) is 2.97. The number of aliphatic carboxylic acids is 1. The average Bonchev–Trinajstić information content (AvgIpc) is 3.24. The van der Waals surface area contributed by atoms with Crippen LogP contribution in [0.4, 0.5) is 5.69 Å². The van der Waals surface area contributed by atoms with E-state index in [1.807, 2.05) is 6.92 Å². The Hall–Kier alpha value is -3.39. The molecule has 162 valence electrons. The Kier molecular flexibility index (Phi) is 5.18. The van der Waals surface area contributed by atoms with Crippen LogP contribution >= 0.6 is 0 Å². The highest BCUT2D eigenvalue weighted by molar-refractivity contribution is 6.24. The summed E-state index contributed by atoms with van der Waals surface area (Å²) in [7, 11) is 1.41. The first-order valence-electron chi connectivity index (χ1n) is 10.2. The van der Waals surface area contributed by atoms with Crippen molar-refractivity contribution < 1.29 is 29.3 Å². The van der Waals surface area contributed by atoms with Gasteiger partial charge in [0.2, 0.25) is 11.8 Å². The molecule has 2 amide bonds. The summed E-state index contributed by atoms with van der Waals surface area (Å²) in [6, 6.07) is 12.4. The molecule has 31 heavy (non-hydrogen) atoms. The molecular weight excluding hydrogens is 400 g/mol. The van der Waals surface area contributed by atoms with Crippen LogP contribution in [0.15, 0.2) is 48.5 Å². The van der Waals surface area contributed by atoms with Crippen LogP contribution < -0.4 is 15.0 Å². The molecule has 8 heteroatoms. The van der Waals surface area contributed by atoms with Crippen molar-refractivity contribution in [1.82, 2.24) is 5.32 Å². The van der Waals surface area contributed by atoms with E-state index in [1.165, 1.54) is 7.11 Å². The smallest absolute Gasteiger partial charge is 0.324 e. The molecule has 0 aliphatic carbocycles. The SMILES string of the molecule is CCC[C@]1(C(=O)O)N[C@H](c2cccc(OC)c2O)[C@H]2C(=O)N(c3ccccc3)C(=O)[C@H]21. The number of carboxylic acids is 1. The second-order valence-corrected chi connectivity index (χ2v) is 7.90. The van der Waals surface area contributed by atoms with Crippen LogP contribution in [0, 0.1) is 11.8 Å². The first-order valence-corrected chi connectivity index (χ1v) is 10.2. The van der Waals surface area contributed by atoms with E-state index in [2.05, 4.69) is 5.32 Å². The summed E-state index contributed by atoms with van der Waals surface area (Å²) in [5, 5.41) is 24.0. The Morgan fingerprint density at radius 3 is 2.45 bits per heavy atom. The van der Waals surface area contributed by atoms with Crippen molar-refractivity contribution in [2.75, 3.05) is 12.0 Å². The lowest BCUT2D eigenvalue weighted by Gasteiger charge is -2.31. The number of nitrogens with zero attached hydrogens (tertiary/aromatic N) is 1. The first kappa shape index (κ1) is 20.9. The number of phenolic OH excluding ortho intramolecular Hbond substituents is 1. The second-order valence-electron chi connectivity index (χ2n) is 7.90. The minimum Gasteiger partial charge on any atom is -0.504 e. The number of nitrogens with one attached hydrogen (secondary N) is 1. The van der Waals surface area contributed by atoms with Crippen LogP contribution in [0.5, 0.6) is 11.5 Å². The van der Waals surface area contributed by atoms with Gasteiger partial charge in [0.1, 0.15) is 5.54 Å². The predicted molar refractivity (Wildman–Crippen MR) is 112 cm³/mol. The number of carbonyl (C=O) groups is 3. The number of methoxy groups -OCH3 is 1.